The van der Waals surface area contributed by atoms with E-state index >= 15 is 0 Å². The zero-order valence-electron chi connectivity index (χ0n) is 63.6. The first kappa shape index (κ1) is 69.2. The van der Waals surface area contributed by atoms with Gasteiger partial charge in [-0.05, 0) is 236 Å². The standard InChI is InChI=1S/C97H111BN4/c1-14-16-33-68(67-46-51-71(52-47-67)95(6,7)8)60-73(32-15-2)97(11,12)82-39-27-23-35-77(82)69-61-91-93-92(62-69)100-59-31-21-19-17-18-20-22-34-72(50-45-66-43-48-70(49-44-66)94(3,4)5)96(9,10)74-53-56-81-80-38-26-30-42-87(80)102(88(81)63-74)76-55-58-84(90(100)65-76)98(93)83-57-54-75(64-89(83)99(91)13)101-85-40-28-24-36-78(85)79-37-25-29-41-86(79)101/h14,20-31,35-42,46,48,53-58,60-66,68,71-72H,1,15-19,32-34,43-45,47,49-52,59H2,2-13H3/b22-20+,31-21-,73-60+. The number of para-hydroxylation sites is 3. The molecular weight excluding hydrogens is 1230 g/mol. The Balaban J connectivity index is 0.911. The highest BCUT2D eigenvalue weighted by atomic mass is 15.2. The smallest absolute Gasteiger partial charge is 0.252 e. The average molecular weight is 1340 g/mol. The summed E-state index contributed by atoms with van der Waals surface area (Å²) in [5.41, 5.74) is 26.9. The normalized spacial score (nSPS) is 19.8. The highest BCUT2D eigenvalue weighted by molar-refractivity contribution is 7.00. The van der Waals surface area contributed by atoms with Gasteiger partial charge in [0.15, 0.2) is 0 Å². The Kier molecular flexibility index (Phi) is 18.9. The number of anilines is 4. The molecule has 0 N–H and O–H groups in total. The van der Waals surface area contributed by atoms with Crippen molar-refractivity contribution in [3.05, 3.63) is 247 Å². The van der Waals surface area contributed by atoms with Gasteiger partial charge in [0.25, 0.3) is 6.71 Å². The van der Waals surface area contributed by atoms with Crippen LogP contribution in [0.5, 0.6) is 0 Å². The molecule has 2 aromatic heterocycles. The molecule has 5 aliphatic rings. The second-order valence-electron chi connectivity index (χ2n) is 34.4. The van der Waals surface area contributed by atoms with Crippen LogP contribution >= 0.6 is 0 Å². The predicted molar refractivity (Wildman–Crippen MR) is 444 cm³/mol. The SMILES string of the molecule is C=CCCC(/C=C(\CCC)C(C)(C)c1ccccc1-c1cc2c3c(c1)N1C/C=C\CCC/C=C/CC(CCC4CC=C(C(C)(C)C)CC4)C(C)(C)c4ccc5c6ccccc6n(c5c4)-c4ccc(c1c4)B3c1ccc(-n3c4ccccc4c4ccccc43)cc1N2C)C1=CCC(C(C)(C)C)CC1. The number of rotatable bonds is 14. The van der Waals surface area contributed by atoms with Gasteiger partial charge in [-0.15, -0.1) is 6.58 Å². The molecule has 3 aliphatic heterocycles. The number of aromatic nitrogens is 2. The van der Waals surface area contributed by atoms with E-state index in [1.807, 2.05) is 0 Å². The lowest BCUT2D eigenvalue weighted by Gasteiger charge is -2.43. The number of hydrogen-bond acceptors (Lipinski definition) is 2. The van der Waals surface area contributed by atoms with Crippen LogP contribution in [0.1, 0.15) is 190 Å². The van der Waals surface area contributed by atoms with Gasteiger partial charge in [-0.3, -0.25) is 0 Å². The van der Waals surface area contributed by atoms with E-state index in [-0.39, 0.29) is 23.0 Å². The van der Waals surface area contributed by atoms with Crippen LogP contribution < -0.4 is 26.2 Å². The number of nitrogens with zero attached hydrogens (tertiary/aromatic N) is 4. The summed E-state index contributed by atoms with van der Waals surface area (Å²) in [5.74, 6) is 2.35. The van der Waals surface area contributed by atoms with Crippen LogP contribution in [0, 0.1) is 34.5 Å². The first-order chi connectivity index (χ1) is 49.2. The monoisotopic (exact) mass is 1340 g/mol. The minimum atomic E-state index is -0.270. The first-order valence-corrected chi connectivity index (χ1v) is 39.3. The Hall–Kier alpha value is -8.54. The Labute approximate surface area is 611 Å². The van der Waals surface area contributed by atoms with Crippen LogP contribution in [0.15, 0.2) is 236 Å². The molecule has 0 saturated carbocycles. The largest absolute Gasteiger partial charge is 0.345 e. The van der Waals surface area contributed by atoms with Crippen molar-refractivity contribution in [2.75, 3.05) is 23.4 Å². The van der Waals surface area contributed by atoms with Crippen molar-refractivity contribution in [1.29, 1.82) is 0 Å². The minimum Gasteiger partial charge on any atom is -0.345 e. The molecule has 522 valence electrons. The zero-order valence-corrected chi connectivity index (χ0v) is 63.6. The van der Waals surface area contributed by atoms with Crippen LogP contribution in [0.25, 0.3) is 66.1 Å². The molecule has 10 aromatic rings. The van der Waals surface area contributed by atoms with Crippen molar-refractivity contribution in [2.45, 2.75) is 190 Å². The highest BCUT2D eigenvalue weighted by Crippen LogP contribution is 2.49. The van der Waals surface area contributed by atoms with Crippen molar-refractivity contribution in [1.82, 2.24) is 9.13 Å². The summed E-state index contributed by atoms with van der Waals surface area (Å²) in [5, 5.41) is 5.15. The third kappa shape index (κ3) is 12.7. The lowest BCUT2D eigenvalue weighted by molar-refractivity contribution is 0.218. The van der Waals surface area contributed by atoms with Crippen LogP contribution in [0.2, 0.25) is 0 Å². The second kappa shape index (κ2) is 27.9. The minimum absolute atomic E-state index is 0.0289. The second-order valence-corrected chi connectivity index (χ2v) is 34.4. The first-order valence-electron chi connectivity index (χ1n) is 39.3. The lowest BCUT2D eigenvalue weighted by Crippen LogP contribution is -2.62. The molecule has 0 radical (unpaired) electrons. The summed E-state index contributed by atoms with van der Waals surface area (Å²) < 4.78 is 5.12. The number of benzene rings is 8. The Morgan fingerprint density at radius 1 is 0.608 bits per heavy atom. The molecule has 4 atom stereocenters. The van der Waals surface area contributed by atoms with E-state index in [0.717, 1.165) is 63.8 Å². The maximum atomic E-state index is 4.26. The molecule has 4 nitrogen and oxygen atoms in total. The van der Waals surface area contributed by atoms with E-state index in [9.17, 15) is 0 Å². The van der Waals surface area contributed by atoms with Crippen LogP contribution in [-0.2, 0) is 10.8 Å². The Morgan fingerprint density at radius 2 is 1.24 bits per heavy atom. The maximum Gasteiger partial charge on any atom is 0.252 e. The van der Waals surface area contributed by atoms with E-state index in [2.05, 4.69) is 321 Å². The molecule has 5 heterocycles. The van der Waals surface area contributed by atoms with Crippen molar-refractivity contribution in [3.8, 4) is 22.5 Å². The molecule has 0 fully saturated rings. The van der Waals surface area contributed by atoms with E-state index in [4.69, 9.17) is 0 Å². The van der Waals surface area contributed by atoms with Crippen molar-refractivity contribution in [2.24, 2.45) is 34.5 Å². The van der Waals surface area contributed by atoms with E-state index in [1.54, 1.807) is 16.7 Å². The fourth-order valence-corrected chi connectivity index (χ4v) is 19.2. The van der Waals surface area contributed by atoms with Gasteiger partial charge in [0.05, 0.1) is 22.1 Å². The summed E-state index contributed by atoms with van der Waals surface area (Å²) >= 11 is 0. The summed E-state index contributed by atoms with van der Waals surface area (Å²) in [4.78, 5) is 5.27. The van der Waals surface area contributed by atoms with Gasteiger partial charge in [0, 0.05) is 74.7 Å². The average Bonchev–Trinajstić information content (AvgIpc) is 0.703. The highest BCUT2D eigenvalue weighted by Gasteiger charge is 2.44. The molecule has 2 aliphatic carbocycles. The molecule has 0 spiro atoms. The summed E-state index contributed by atoms with van der Waals surface area (Å²) in [7, 11) is 2.35. The summed E-state index contributed by atoms with van der Waals surface area (Å²) in [6.07, 6.45) is 38.7. The van der Waals surface area contributed by atoms with Gasteiger partial charge in [-0.1, -0.05) is 251 Å². The van der Waals surface area contributed by atoms with Crippen LogP contribution in [-0.4, -0.2) is 29.4 Å². The molecule has 4 unspecified atom stereocenters. The Morgan fingerprint density at radius 3 is 1.87 bits per heavy atom. The van der Waals surface area contributed by atoms with Gasteiger partial charge in [0.1, 0.15) is 0 Å². The fraction of sp³-hybridized carbons (Fsp3) is 0.381. The van der Waals surface area contributed by atoms with Crippen LogP contribution in [0.3, 0.4) is 0 Å². The number of hydrogen-bond donors (Lipinski definition) is 0. The van der Waals surface area contributed by atoms with Gasteiger partial charge in [-0.25, -0.2) is 0 Å². The molecule has 102 heavy (non-hydrogen) atoms. The van der Waals surface area contributed by atoms with Crippen molar-refractivity contribution >= 4 is 89.5 Å². The summed E-state index contributed by atoms with van der Waals surface area (Å²) in [6.45, 7) is 32.0. The number of fused-ring (bicyclic) bond motifs is 13. The Bertz CT molecular complexity index is 4940. The molecule has 4 bridgehead atoms. The molecular formula is C97H111BN4. The van der Waals surface area contributed by atoms with Gasteiger partial charge in [-0.2, -0.15) is 0 Å². The van der Waals surface area contributed by atoms with E-state index in [1.165, 1.54) is 168 Å². The zero-order chi connectivity index (χ0) is 70.8. The van der Waals surface area contributed by atoms with Gasteiger partial charge >= 0.3 is 0 Å². The maximum absolute atomic E-state index is 4.26. The third-order valence-electron chi connectivity index (χ3n) is 25.6. The molecule has 15 rings (SSSR count). The summed E-state index contributed by atoms with van der Waals surface area (Å²) in [6, 6.07) is 64.3. The molecule has 5 heteroatoms. The molecule has 0 saturated heterocycles. The predicted octanol–water partition coefficient (Wildman–Crippen LogP) is 25.1. The van der Waals surface area contributed by atoms with Gasteiger partial charge in [0.2, 0.25) is 0 Å². The van der Waals surface area contributed by atoms with Crippen molar-refractivity contribution in [3.63, 3.8) is 0 Å². The van der Waals surface area contributed by atoms with Gasteiger partial charge < -0.3 is 18.9 Å². The van der Waals surface area contributed by atoms with Crippen LogP contribution in [0.4, 0.5) is 22.7 Å². The third-order valence-corrected chi connectivity index (χ3v) is 25.6. The fourth-order valence-electron chi connectivity index (χ4n) is 19.2. The topological polar surface area (TPSA) is 16.3 Å². The molecule has 8 aromatic carbocycles. The van der Waals surface area contributed by atoms with Crippen molar-refractivity contribution < 1.29 is 0 Å². The molecule has 0 amide bonds. The number of allylic oxidation sites excluding steroid dienone is 10. The quantitative estimate of drug-likeness (QED) is 0.0797. The van der Waals surface area contributed by atoms with E-state index in [0.29, 0.717) is 23.2 Å². The lowest BCUT2D eigenvalue weighted by atomic mass is 9.33. The van der Waals surface area contributed by atoms with E-state index < -0.39 is 0 Å².